The first-order chi connectivity index (χ1) is 9.69. The molecule has 2 N–H and O–H groups in total. The Morgan fingerprint density at radius 1 is 1.35 bits per heavy atom. The molecule has 2 nitrogen and oxygen atoms in total. The molecule has 20 heavy (non-hydrogen) atoms. The lowest BCUT2D eigenvalue weighted by Gasteiger charge is -2.12. The third-order valence-corrected chi connectivity index (χ3v) is 4.93. The van der Waals surface area contributed by atoms with E-state index in [1.807, 2.05) is 12.1 Å². The van der Waals surface area contributed by atoms with E-state index in [0.717, 1.165) is 29.5 Å². The number of halogens is 1. The second-order valence-corrected chi connectivity index (χ2v) is 6.69. The normalized spacial score (nSPS) is 12.3. The Morgan fingerprint density at radius 3 is 2.90 bits per heavy atom. The summed E-state index contributed by atoms with van der Waals surface area (Å²) in [6.07, 6.45) is 2.81. The van der Waals surface area contributed by atoms with E-state index < -0.39 is 0 Å². The Labute approximate surface area is 133 Å². The minimum absolute atomic E-state index is 0.202. The van der Waals surface area contributed by atoms with Gasteiger partial charge in [-0.05, 0) is 48.1 Å². The summed E-state index contributed by atoms with van der Waals surface area (Å²) >= 11 is 5.35. The summed E-state index contributed by atoms with van der Waals surface area (Å²) in [7, 11) is 0. The third kappa shape index (κ3) is 4.62. The molecule has 0 fully saturated rings. The van der Waals surface area contributed by atoms with Crippen LogP contribution in [0.25, 0.3) is 0 Å². The van der Waals surface area contributed by atoms with Crippen molar-refractivity contribution < 1.29 is 4.74 Å². The van der Waals surface area contributed by atoms with Crippen LogP contribution in [0.3, 0.4) is 0 Å². The highest BCUT2D eigenvalue weighted by Crippen LogP contribution is 2.24. The predicted molar refractivity (Wildman–Crippen MR) is 89.6 cm³/mol. The molecule has 2 rings (SSSR count). The van der Waals surface area contributed by atoms with Gasteiger partial charge in [0.25, 0.3) is 0 Å². The average Bonchev–Trinajstić information content (AvgIpc) is 2.95. The average molecular weight is 354 g/mol. The molecule has 1 atom stereocenters. The summed E-state index contributed by atoms with van der Waals surface area (Å²) in [5.74, 6) is 0.919. The Hall–Kier alpha value is -0.840. The van der Waals surface area contributed by atoms with Crippen LogP contribution in [0.1, 0.15) is 23.8 Å². The Bertz CT molecular complexity index is 527. The second kappa shape index (κ2) is 7.81. The Balaban J connectivity index is 1.92. The van der Waals surface area contributed by atoms with Crippen LogP contribution in [0.15, 0.2) is 40.2 Å². The number of nitrogens with two attached hydrogens (primary N) is 1. The van der Waals surface area contributed by atoms with E-state index in [1.165, 1.54) is 10.4 Å². The molecule has 108 valence electrons. The van der Waals surface area contributed by atoms with Gasteiger partial charge in [-0.2, -0.15) is 0 Å². The van der Waals surface area contributed by atoms with Crippen LogP contribution in [0.2, 0.25) is 0 Å². The molecule has 0 saturated carbocycles. The Morgan fingerprint density at radius 2 is 2.20 bits per heavy atom. The molecule has 0 saturated heterocycles. The van der Waals surface area contributed by atoms with E-state index in [2.05, 4.69) is 46.4 Å². The maximum atomic E-state index is 6.03. The van der Waals surface area contributed by atoms with Gasteiger partial charge in [-0.3, -0.25) is 0 Å². The van der Waals surface area contributed by atoms with E-state index in [0.29, 0.717) is 6.61 Å². The highest BCUT2D eigenvalue weighted by molar-refractivity contribution is 9.10. The number of hydrogen-bond acceptors (Lipinski definition) is 3. The van der Waals surface area contributed by atoms with Crippen LogP contribution < -0.4 is 10.5 Å². The van der Waals surface area contributed by atoms with Gasteiger partial charge in [-0.25, -0.2) is 0 Å². The molecule has 0 amide bonds. The first-order valence-electron chi connectivity index (χ1n) is 6.88. The molecule has 0 aliphatic carbocycles. The largest absolute Gasteiger partial charge is 0.493 e. The van der Waals surface area contributed by atoms with Crippen LogP contribution >= 0.6 is 27.3 Å². The van der Waals surface area contributed by atoms with Gasteiger partial charge in [-0.1, -0.05) is 28.9 Å². The molecule has 1 heterocycles. The summed E-state index contributed by atoms with van der Waals surface area (Å²) in [4.78, 5) is 1.36. The first kappa shape index (κ1) is 15.5. The number of ether oxygens (including phenoxy) is 1. The highest BCUT2D eigenvalue weighted by atomic mass is 79.9. The fourth-order valence-electron chi connectivity index (χ4n) is 1.95. The fourth-order valence-corrected chi connectivity index (χ4v) is 3.05. The van der Waals surface area contributed by atoms with Gasteiger partial charge < -0.3 is 10.5 Å². The van der Waals surface area contributed by atoms with E-state index in [4.69, 9.17) is 10.5 Å². The smallest absolute Gasteiger partial charge is 0.119 e. The topological polar surface area (TPSA) is 35.2 Å². The van der Waals surface area contributed by atoms with Crippen molar-refractivity contribution in [3.8, 4) is 5.75 Å². The van der Waals surface area contributed by atoms with Crippen molar-refractivity contribution in [3.63, 3.8) is 0 Å². The molecule has 1 aromatic carbocycles. The van der Waals surface area contributed by atoms with Crippen LogP contribution in [0, 0.1) is 0 Å². The van der Waals surface area contributed by atoms with Gasteiger partial charge in [-0.15, -0.1) is 11.3 Å². The molecular formula is C16H20BrNOS. The molecule has 2 aromatic rings. The maximum absolute atomic E-state index is 6.03. The van der Waals surface area contributed by atoms with Gasteiger partial charge >= 0.3 is 0 Å². The lowest BCUT2D eigenvalue weighted by atomic mass is 10.0. The molecule has 0 aliphatic heterocycles. The predicted octanol–water partition coefficient (Wildman–Crippen LogP) is 4.41. The summed E-state index contributed by atoms with van der Waals surface area (Å²) in [5, 5.41) is 2.10. The highest BCUT2D eigenvalue weighted by Gasteiger charge is 2.07. The third-order valence-electron chi connectivity index (χ3n) is 3.22. The minimum atomic E-state index is 0.202. The van der Waals surface area contributed by atoms with Crippen molar-refractivity contribution in [3.05, 3.63) is 50.6 Å². The summed E-state index contributed by atoms with van der Waals surface area (Å²) in [6.45, 7) is 2.82. The lowest BCUT2D eigenvalue weighted by Crippen LogP contribution is -2.21. The van der Waals surface area contributed by atoms with Gasteiger partial charge in [0.1, 0.15) is 5.75 Å². The SMILES string of the molecule is CCC(N)Cc1cc(OCCc2cccs2)ccc1Br. The monoisotopic (exact) mass is 353 g/mol. The van der Waals surface area contributed by atoms with Crippen molar-refractivity contribution in [2.24, 2.45) is 5.73 Å². The molecule has 1 aromatic heterocycles. The second-order valence-electron chi connectivity index (χ2n) is 4.80. The molecule has 4 heteroatoms. The van der Waals surface area contributed by atoms with Crippen molar-refractivity contribution in [2.75, 3.05) is 6.61 Å². The van der Waals surface area contributed by atoms with Gasteiger partial charge in [0, 0.05) is 21.8 Å². The molecule has 0 radical (unpaired) electrons. The van der Waals surface area contributed by atoms with Crippen LogP contribution in [-0.2, 0) is 12.8 Å². The molecule has 0 aliphatic rings. The zero-order valence-electron chi connectivity index (χ0n) is 11.6. The van der Waals surface area contributed by atoms with Crippen molar-refractivity contribution in [1.82, 2.24) is 0 Å². The van der Waals surface area contributed by atoms with E-state index in [1.54, 1.807) is 11.3 Å². The summed E-state index contributed by atoms with van der Waals surface area (Å²) in [6, 6.07) is 10.5. The van der Waals surface area contributed by atoms with Crippen LogP contribution in [0.4, 0.5) is 0 Å². The van der Waals surface area contributed by atoms with Gasteiger partial charge in [0.05, 0.1) is 6.61 Å². The number of rotatable bonds is 7. The quantitative estimate of drug-likeness (QED) is 0.799. The minimum Gasteiger partial charge on any atom is -0.493 e. The van der Waals surface area contributed by atoms with E-state index in [9.17, 15) is 0 Å². The molecule has 1 unspecified atom stereocenters. The fraction of sp³-hybridized carbons (Fsp3) is 0.375. The summed E-state index contributed by atoms with van der Waals surface area (Å²) < 4.78 is 6.94. The Kier molecular flexibility index (Phi) is 6.07. The van der Waals surface area contributed by atoms with Crippen LogP contribution in [-0.4, -0.2) is 12.6 Å². The van der Waals surface area contributed by atoms with E-state index in [-0.39, 0.29) is 6.04 Å². The zero-order valence-corrected chi connectivity index (χ0v) is 14.0. The van der Waals surface area contributed by atoms with Gasteiger partial charge in [0.2, 0.25) is 0 Å². The van der Waals surface area contributed by atoms with Gasteiger partial charge in [0.15, 0.2) is 0 Å². The standard InChI is InChI=1S/C16H20BrNOS/c1-2-13(18)10-12-11-14(5-6-16(12)17)19-8-7-15-4-3-9-20-15/h3-6,9,11,13H,2,7-8,10,18H2,1H3. The lowest BCUT2D eigenvalue weighted by molar-refractivity contribution is 0.322. The summed E-state index contributed by atoms with van der Waals surface area (Å²) in [5.41, 5.74) is 7.24. The van der Waals surface area contributed by atoms with Crippen LogP contribution in [0.5, 0.6) is 5.75 Å². The van der Waals surface area contributed by atoms with Crippen molar-refractivity contribution in [2.45, 2.75) is 32.2 Å². The first-order valence-corrected chi connectivity index (χ1v) is 8.55. The molecular weight excluding hydrogens is 334 g/mol. The van der Waals surface area contributed by atoms with Crippen molar-refractivity contribution >= 4 is 27.3 Å². The molecule has 0 bridgehead atoms. The van der Waals surface area contributed by atoms with E-state index >= 15 is 0 Å². The van der Waals surface area contributed by atoms with Crippen molar-refractivity contribution in [1.29, 1.82) is 0 Å². The number of thiophene rings is 1. The number of hydrogen-bond donors (Lipinski definition) is 1. The maximum Gasteiger partial charge on any atom is 0.119 e. The zero-order chi connectivity index (χ0) is 14.4. The molecule has 0 spiro atoms. The number of benzene rings is 1.